The van der Waals surface area contributed by atoms with Crippen LogP contribution in [0.25, 0.3) is 5.57 Å². The number of halogens is 1. The Hall–Kier alpha value is -0.800. The van der Waals surface area contributed by atoms with Crippen molar-refractivity contribution in [3.63, 3.8) is 0 Å². The van der Waals surface area contributed by atoms with E-state index in [1.807, 2.05) is 18.2 Å². The molecule has 0 radical (unpaired) electrons. The zero-order valence-corrected chi connectivity index (χ0v) is 10.7. The fraction of sp³-hybridized carbons (Fsp3) is 0.385. The van der Waals surface area contributed by atoms with Crippen LogP contribution in [0.2, 0.25) is 0 Å². The van der Waals surface area contributed by atoms with Gasteiger partial charge in [0, 0.05) is 16.5 Å². The zero-order chi connectivity index (χ0) is 11.3. The third-order valence-corrected chi connectivity index (χ3v) is 3.88. The third kappa shape index (κ3) is 1.35. The van der Waals surface area contributed by atoms with Gasteiger partial charge in [-0.3, -0.25) is 0 Å². The molecule has 0 amide bonds. The maximum Gasteiger partial charge on any atom is 0.139 e. The van der Waals surface area contributed by atoms with E-state index < -0.39 is 0 Å². The Labute approximate surface area is 103 Å². The van der Waals surface area contributed by atoms with Crippen molar-refractivity contribution >= 4 is 21.5 Å². The number of rotatable bonds is 0. The maximum atomic E-state index is 6.06. The first kappa shape index (κ1) is 10.4. The molecule has 2 heterocycles. The van der Waals surface area contributed by atoms with Crippen LogP contribution in [0.1, 0.15) is 18.9 Å². The van der Waals surface area contributed by atoms with Gasteiger partial charge in [0.25, 0.3) is 0 Å². The summed E-state index contributed by atoms with van der Waals surface area (Å²) in [6.07, 6.45) is 0.918. The van der Waals surface area contributed by atoms with E-state index in [1.165, 1.54) is 0 Å². The van der Waals surface area contributed by atoms with Crippen LogP contribution in [0, 0.1) is 0 Å². The summed E-state index contributed by atoms with van der Waals surface area (Å²) in [5.74, 6) is 0.914. The Morgan fingerprint density at radius 3 is 3.12 bits per heavy atom. The number of benzene rings is 1. The minimum atomic E-state index is -0.238. The van der Waals surface area contributed by atoms with E-state index in [-0.39, 0.29) is 11.7 Å². The summed E-state index contributed by atoms with van der Waals surface area (Å²) in [6, 6.07) is 6.02. The molecule has 3 heteroatoms. The van der Waals surface area contributed by atoms with Crippen LogP contribution in [0.5, 0.6) is 5.75 Å². The quantitative estimate of drug-likeness (QED) is 0.725. The summed E-state index contributed by atoms with van der Waals surface area (Å²) in [5.41, 5.74) is 1.85. The van der Waals surface area contributed by atoms with Crippen molar-refractivity contribution in [2.45, 2.75) is 25.0 Å². The Bertz CT molecular complexity index is 469. The van der Waals surface area contributed by atoms with Crippen molar-refractivity contribution in [1.82, 2.24) is 0 Å². The van der Waals surface area contributed by atoms with Gasteiger partial charge in [0.1, 0.15) is 17.5 Å². The van der Waals surface area contributed by atoms with Crippen LogP contribution in [0.15, 0.2) is 29.3 Å². The molecule has 2 atom stereocenters. The van der Waals surface area contributed by atoms with Crippen molar-refractivity contribution < 1.29 is 9.47 Å². The predicted molar refractivity (Wildman–Crippen MR) is 66.6 cm³/mol. The average Bonchev–Trinajstić information content (AvgIpc) is 2.62. The summed E-state index contributed by atoms with van der Waals surface area (Å²) in [5, 5.41) is 0. The van der Waals surface area contributed by atoms with Gasteiger partial charge in [-0.1, -0.05) is 22.5 Å². The number of hydrogen-bond acceptors (Lipinski definition) is 2. The molecule has 3 rings (SSSR count). The highest BCUT2D eigenvalue weighted by atomic mass is 79.9. The lowest BCUT2D eigenvalue weighted by atomic mass is 9.86. The van der Waals surface area contributed by atoms with Gasteiger partial charge >= 0.3 is 0 Å². The minimum Gasteiger partial charge on any atom is -0.484 e. The monoisotopic (exact) mass is 280 g/mol. The Morgan fingerprint density at radius 2 is 2.31 bits per heavy atom. The zero-order valence-electron chi connectivity index (χ0n) is 9.13. The third-order valence-electron chi connectivity index (χ3n) is 3.38. The summed E-state index contributed by atoms with van der Waals surface area (Å²) in [4.78, 5) is 0. The van der Waals surface area contributed by atoms with Crippen LogP contribution in [-0.4, -0.2) is 18.3 Å². The minimum absolute atomic E-state index is 0.00528. The fourth-order valence-electron chi connectivity index (χ4n) is 2.50. The fourth-order valence-corrected chi connectivity index (χ4v) is 2.86. The summed E-state index contributed by atoms with van der Waals surface area (Å²) in [6.45, 7) is 7.00. The van der Waals surface area contributed by atoms with Crippen molar-refractivity contribution in [1.29, 1.82) is 0 Å². The van der Waals surface area contributed by atoms with Crippen LogP contribution in [-0.2, 0) is 4.74 Å². The second-order valence-corrected chi connectivity index (χ2v) is 5.50. The molecule has 1 aromatic rings. The van der Waals surface area contributed by atoms with E-state index in [2.05, 4.69) is 29.4 Å². The molecule has 1 saturated heterocycles. The molecular formula is C13H13BrO2. The number of hydrogen-bond donors (Lipinski definition) is 0. The first-order valence-electron chi connectivity index (χ1n) is 5.39. The Balaban J connectivity index is 2.13. The molecule has 0 aliphatic carbocycles. The van der Waals surface area contributed by atoms with Gasteiger partial charge in [-0.05, 0) is 30.7 Å². The second-order valence-electron chi connectivity index (χ2n) is 4.58. The summed E-state index contributed by atoms with van der Waals surface area (Å²) in [7, 11) is 0. The van der Waals surface area contributed by atoms with Gasteiger partial charge in [0.05, 0.1) is 6.61 Å². The largest absolute Gasteiger partial charge is 0.484 e. The first-order valence-corrected chi connectivity index (χ1v) is 6.19. The summed E-state index contributed by atoms with van der Waals surface area (Å²) >= 11 is 3.47. The topological polar surface area (TPSA) is 18.5 Å². The van der Waals surface area contributed by atoms with Crippen molar-refractivity contribution in [2.24, 2.45) is 0 Å². The second kappa shape index (κ2) is 3.34. The van der Waals surface area contributed by atoms with Crippen LogP contribution >= 0.6 is 15.9 Å². The molecule has 16 heavy (non-hydrogen) atoms. The van der Waals surface area contributed by atoms with Crippen molar-refractivity contribution in [3.05, 3.63) is 34.8 Å². The summed E-state index contributed by atoms with van der Waals surface area (Å²) < 4.78 is 12.8. The van der Waals surface area contributed by atoms with E-state index >= 15 is 0 Å². The normalized spacial score (nSPS) is 31.9. The molecule has 0 bridgehead atoms. The van der Waals surface area contributed by atoms with Crippen molar-refractivity contribution in [3.8, 4) is 5.75 Å². The SMILES string of the molecule is C=C1c2cc(Br)ccc2O[C@]2(C)CCO[C@H]12. The standard InChI is InChI=1S/C13H13BrO2/c1-8-10-7-9(14)3-4-11(10)16-13(2)5-6-15-12(8)13/h3-4,7,12H,1,5-6H2,2H3/t12-,13-/m1/s1. The van der Waals surface area contributed by atoms with Gasteiger partial charge in [-0.25, -0.2) is 0 Å². The van der Waals surface area contributed by atoms with Gasteiger partial charge in [-0.15, -0.1) is 0 Å². The molecular weight excluding hydrogens is 268 g/mol. The van der Waals surface area contributed by atoms with Gasteiger partial charge in [-0.2, -0.15) is 0 Å². The highest BCUT2D eigenvalue weighted by Gasteiger charge is 2.47. The average molecular weight is 281 g/mol. The Morgan fingerprint density at radius 1 is 1.50 bits per heavy atom. The highest BCUT2D eigenvalue weighted by molar-refractivity contribution is 9.10. The van der Waals surface area contributed by atoms with E-state index in [0.29, 0.717) is 0 Å². The molecule has 0 spiro atoms. The molecule has 1 aromatic carbocycles. The van der Waals surface area contributed by atoms with E-state index in [0.717, 1.165) is 34.4 Å². The molecule has 2 aliphatic heterocycles. The van der Waals surface area contributed by atoms with Crippen LogP contribution < -0.4 is 4.74 Å². The molecule has 2 nitrogen and oxygen atoms in total. The van der Waals surface area contributed by atoms with Crippen molar-refractivity contribution in [2.75, 3.05) is 6.61 Å². The number of fused-ring (bicyclic) bond motifs is 2. The van der Waals surface area contributed by atoms with Crippen LogP contribution in [0.3, 0.4) is 0 Å². The lowest BCUT2D eigenvalue weighted by Gasteiger charge is -2.38. The lowest BCUT2D eigenvalue weighted by Crippen LogP contribution is -2.44. The predicted octanol–water partition coefficient (Wildman–Crippen LogP) is 3.40. The van der Waals surface area contributed by atoms with E-state index in [9.17, 15) is 0 Å². The Kier molecular flexibility index (Phi) is 2.17. The molecule has 1 fully saturated rings. The number of ether oxygens (including phenoxy) is 2. The smallest absolute Gasteiger partial charge is 0.139 e. The first-order chi connectivity index (χ1) is 7.60. The molecule has 0 aromatic heterocycles. The molecule has 0 N–H and O–H groups in total. The molecule has 2 aliphatic rings. The lowest BCUT2D eigenvalue weighted by molar-refractivity contribution is 0.0197. The highest BCUT2D eigenvalue weighted by Crippen LogP contribution is 2.46. The van der Waals surface area contributed by atoms with Gasteiger partial charge in [0.15, 0.2) is 0 Å². The molecule has 0 unspecified atom stereocenters. The van der Waals surface area contributed by atoms with E-state index in [4.69, 9.17) is 9.47 Å². The van der Waals surface area contributed by atoms with E-state index in [1.54, 1.807) is 0 Å². The van der Waals surface area contributed by atoms with Gasteiger partial charge < -0.3 is 9.47 Å². The van der Waals surface area contributed by atoms with Gasteiger partial charge in [0.2, 0.25) is 0 Å². The van der Waals surface area contributed by atoms with Crippen LogP contribution in [0.4, 0.5) is 0 Å². The molecule has 84 valence electrons. The maximum absolute atomic E-state index is 6.06. The molecule has 0 saturated carbocycles.